The molecule has 0 spiro atoms. The van der Waals surface area contributed by atoms with Crippen LogP contribution in [0.15, 0.2) is 23.7 Å². The van der Waals surface area contributed by atoms with Crippen LogP contribution in [-0.2, 0) is 6.54 Å². The van der Waals surface area contributed by atoms with Crippen LogP contribution >= 0.6 is 11.3 Å². The third kappa shape index (κ3) is 2.45. The minimum Gasteiger partial charge on any atom is -0.478 e. The highest BCUT2D eigenvalue weighted by Crippen LogP contribution is 2.21. The minimum absolute atomic E-state index is 0.0901. The number of aromatic carboxylic acids is 1. The van der Waals surface area contributed by atoms with E-state index < -0.39 is 23.2 Å². The summed E-state index contributed by atoms with van der Waals surface area (Å²) in [6, 6.07) is 2.21. The summed E-state index contributed by atoms with van der Waals surface area (Å²) in [4.78, 5) is 14.6. The smallest absolute Gasteiger partial charge is 0.338 e. The quantitative estimate of drug-likeness (QED) is 0.896. The summed E-state index contributed by atoms with van der Waals surface area (Å²) in [5.41, 5.74) is -0.778. The van der Waals surface area contributed by atoms with Crippen LogP contribution in [0.4, 0.5) is 14.5 Å². The topological polar surface area (TPSA) is 62.2 Å². The van der Waals surface area contributed by atoms with Gasteiger partial charge in [-0.2, -0.15) is 0 Å². The third-order valence-electron chi connectivity index (χ3n) is 2.23. The van der Waals surface area contributed by atoms with Crippen molar-refractivity contribution in [3.8, 4) is 0 Å². The molecule has 0 aliphatic carbocycles. The maximum absolute atomic E-state index is 13.5. The maximum Gasteiger partial charge on any atom is 0.338 e. The van der Waals surface area contributed by atoms with Gasteiger partial charge < -0.3 is 10.4 Å². The molecule has 0 fully saturated rings. The zero-order valence-corrected chi connectivity index (χ0v) is 9.80. The number of benzene rings is 1. The number of halogens is 2. The molecule has 7 heteroatoms. The molecule has 18 heavy (non-hydrogen) atoms. The summed E-state index contributed by atoms with van der Waals surface area (Å²) in [5.74, 6) is -4.07. The lowest BCUT2D eigenvalue weighted by Gasteiger charge is -2.07. The summed E-state index contributed by atoms with van der Waals surface area (Å²) < 4.78 is 26.9. The molecule has 0 radical (unpaired) electrons. The molecule has 0 amide bonds. The lowest BCUT2D eigenvalue weighted by molar-refractivity contribution is 0.0690. The van der Waals surface area contributed by atoms with E-state index in [0.717, 1.165) is 11.1 Å². The average molecular weight is 270 g/mol. The molecular formula is C11H8F2N2O2S. The Hall–Kier alpha value is -2.02. The predicted octanol–water partition coefficient (Wildman–Crippen LogP) is 2.73. The average Bonchev–Trinajstić information content (AvgIpc) is 2.83. The maximum atomic E-state index is 13.5. The Morgan fingerprint density at radius 1 is 1.39 bits per heavy atom. The van der Waals surface area contributed by atoms with Gasteiger partial charge >= 0.3 is 5.97 Å². The Morgan fingerprint density at radius 2 is 2.17 bits per heavy atom. The van der Waals surface area contributed by atoms with Crippen molar-refractivity contribution in [2.75, 3.05) is 5.32 Å². The van der Waals surface area contributed by atoms with E-state index in [1.807, 2.05) is 0 Å². The number of carbonyl (C=O) groups is 1. The second-order valence-corrected chi connectivity index (χ2v) is 4.35. The minimum atomic E-state index is -1.50. The first-order valence-electron chi connectivity index (χ1n) is 4.93. The first kappa shape index (κ1) is 12.4. The summed E-state index contributed by atoms with van der Waals surface area (Å²) in [6.07, 6.45) is 1.60. The molecule has 94 valence electrons. The molecule has 1 heterocycles. The first-order valence-corrected chi connectivity index (χ1v) is 5.81. The van der Waals surface area contributed by atoms with E-state index >= 15 is 0 Å². The number of nitrogens with zero attached hydrogens (tertiary/aromatic N) is 1. The normalized spacial score (nSPS) is 10.3. The van der Waals surface area contributed by atoms with E-state index in [0.29, 0.717) is 0 Å². The molecule has 0 atom stereocenters. The van der Waals surface area contributed by atoms with Crippen molar-refractivity contribution in [3.63, 3.8) is 0 Å². The third-order valence-corrected chi connectivity index (χ3v) is 3.01. The highest BCUT2D eigenvalue weighted by molar-refractivity contribution is 7.09. The highest BCUT2D eigenvalue weighted by Gasteiger charge is 2.17. The molecule has 4 nitrogen and oxygen atoms in total. The van der Waals surface area contributed by atoms with Crippen LogP contribution in [0.2, 0.25) is 0 Å². The van der Waals surface area contributed by atoms with Gasteiger partial charge in [0, 0.05) is 11.6 Å². The first-order chi connectivity index (χ1) is 8.59. The molecule has 0 bridgehead atoms. The number of rotatable bonds is 4. The van der Waals surface area contributed by atoms with Crippen LogP contribution in [0.5, 0.6) is 0 Å². The van der Waals surface area contributed by atoms with Crippen molar-refractivity contribution in [1.29, 1.82) is 0 Å². The van der Waals surface area contributed by atoms with Crippen LogP contribution in [0, 0.1) is 11.6 Å². The molecule has 0 aliphatic heterocycles. The van der Waals surface area contributed by atoms with Gasteiger partial charge in [0.15, 0.2) is 11.6 Å². The van der Waals surface area contributed by atoms with Crippen LogP contribution < -0.4 is 5.32 Å². The van der Waals surface area contributed by atoms with E-state index in [1.54, 1.807) is 11.6 Å². The Balaban J connectivity index is 2.19. The van der Waals surface area contributed by atoms with Gasteiger partial charge in [0.25, 0.3) is 0 Å². The monoisotopic (exact) mass is 270 g/mol. The Labute approximate surface area is 105 Å². The van der Waals surface area contributed by atoms with Gasteiger partial charge in [-0.05, 0) is 12.1 Å². The fraction of sp³-hybridized carbons (Fsp3) is 0.0909. The standard InChI is InChI=1S/C11H8F2N2O2S/c12-9-6(11(16)17)1-2-7(10(9)13)15-5-8-14-3-4-18-8/h1-4,15H,5H2,(H,16,17). The number of anilines is 1. The summed E-state index contributed by atoms with van der Waals surface area (Å²) in [7, 11) is 0. The summed E-state index contributed by atoms with van der Waals surface area (Å²) >= 11 is 1.38. The van der Waals surface area contributed by atoms with E-state index in [4.69, 9.17) is 5.11 Å². The number of hydrogen-bond donors (Lipinski definition) is 2. The van der Waals surface area contributed by atoms with Crippen molar-refractivity contribution in [1.82, 2.24) is 4.98 Å². The Kier molecular flexibility index (Phi) is 3.52. The van der Waals surface area contributed by atoms with Gasteiger partial charge in [0.2, 0.25) is 0 Å². The zero-order chi connectivity index (χ0) is 13.1. The zero-order valence-electron chi connectivity index (χ0n) is 8.98. The molecular weight excluding hydrogens is 262 g/mol. The van der Waals surface area contributed by atoms with Gasteiger partial charge in [0.1, 0.15) is 5.01 Å². The van der Waals surface area contributed by atoms with Crippen molar-refractivity contribution in [3.05, 3.63) is 45.9 Å². The fourth-order valence-corrected chi connectivity index (χ4v) is 1.92. The van der Waals surface area contributed by atoms with Crippen molar-refractivity contribution in [2.24, 2.45) is 0 Å². The lowest BCUT2D eigenvalue weighted by Crippen LogP contribution is -2.07. The van der Waals surface area contributed by atoms with Crippen molar-refractivity contribution in [2.45, 2.75) is 6.54 Å². The summed E-state index contributed by atoms with van der Waals surface area (Å²) in [6.45, 7) is 0.250. The second kappa shape index (κ2) is 5.09. The Bertz CT molecular complexity index is 573. The van der Waals surface area contributed by atoms with Crippen LogP contribution in [0.3, 0.4) is 0 Å². The number of carboxylic acids is 1. The van der Waals surface area contributed by atoms with E-state index in [9.17, 15) is 13.6 Å². The van der Waals surface area contributed by atoms with Gasteiger partial charge in [0.05, 0.1) is 17.8 Å². The molecule has 2 aromatic rings. The van der Waals surface area contributed by atoms with Gasteiger partial charge in [-0.3, -0.25) is 0 Å². The van der Waals surface area contributed by atoms with Crippen LogP contribution in [0.1, 0.15) is 15.4 Å². The van der Waals surface area contributed by atoms with E-state index in [1.165, 1.54) is 17.4 Å². The van der Waals surface area contributed by atoms with Gasteiger partial charge in [-0.1, -0.05) is 0 Å². The molecule has 0 saturated heterocycles. The van der Waals surface area contributed by atoms with Crippen molar-refractivity contribution >= 4 is 23.0 Å². The predicted molar refractivity (Wildman–Crippen MR) is 62.8 cm³/mol. The molecule has 1 aromatic heterocycles. The number of carboxylic acid groups (broad SMARTS) is 1. The Morgan fingerprint density at radius 3 is 2.78 bits per heavy atom. The van der Waals surface area contributed by atoms with E-state index in [2.05, 4.69) is 10.3 Å². The van der Waals surface area contributed by atoms with Crippen LogP contribution in [0.25, 0.3) is 0 Å². The largest absolute Gasteiger partial charge is 0.478 e. The molecule has 0 saturated carbocycles. The highest BCUT2D eigenvalue weighted by atomic mass is 32.1. The van der Waals surface area contributed by atoms with E-state index in [-0.39, 0.29) is 12.2 Å². The van der Waals surface area contributed by atoms with Crippen LogP contribution in [-0.4, -0.2) is 16.1 Å². The number of thiazole rings is 1. The van der Waals surface area contributed by atoms with Gasteiger partial charge in [-0.25, -0.2) is 18.6 Å². The number of nitrogens with one attached hydrogen (secondary N) is 1. The molecule has 2 rings (SSSR count). The molecule has 0 unspecified atom stereocenters. The fourth-order valence-electron chi connectivity index (χ4n) is 1.36. The lowest BCUT2D eigenvalue weighted by atomic mass is 10.2. The molecule has 2 N–H and O–H groups in total. The molecule has 0 aliphatic rings. The molecule has 1 aromatic carbocycles. The number of aromatic nitrogens is 1. The summed E-state index contributed by atoms with van der Waals surface area (Å²) in [5, 5.41) is 13.8. The van der Waals surface area contributed by atoms with Crippen molar-refractivity contribution < 1.29 is 18.7 Å². The SMILES string of the molecule is O=C(O)c1ccc(NCc2nccs2)c(F)c1F. The van der Waals surface area contributed by atoms with Gasteiger partial charge in [-0.15, -0.1) is 11.3 Å². The second-order valence-electron chi connectivity index (χ2n) is 3.37. The number of hydrogen-bond acceptors (Lipinski definition) is 4.